The minimum Gasteiger partial charge on any atom is -0.433 e. The number of hydrogen-bond acceptors (Lipinski definition) is 8. The molecule has 0 saturated carbocycles. The van der Waals surface area contributed by atoms with Crippen molar-refractivity contribution < 1.29 is 28.7 Å². The Balaban J connectivity index is 1.38. The van der Waals surface area contributed by atoms with Crippen LogP contribution in [0, 0.1) is 0 Å². The highest BCUT2D eigenvalue weighted by Crippen LogP contribution is 2.24. The van der Waals surface area contributed by atoms with Gasteiger partial charge in [0.15, 0.2) is 0 Å². The Kier molecular flexibility index (Phi) is 7.89. The third kappa shape index (κ3) is 5.64. The third-order valence-electron chi connectivity index (χ3n) is 7.35. The van der Waals surface area contributed by atoms with Crippen molar-refractivity contribution in [2.45, 2.75) is 56.6 Å². The van der Waals surface area contributed by atoms with E-state index in [1.807, 2.05) is 54.4 Å². The number of piperazine rings is 1. The Hall–Kier alpha value is -3.83. The fraction of sp³-hybridized carbons (Fsp3) is 0.464. The first-order chi connectivity index (χ1) is 18.9. The van der Waals surface area contributed by atoms with Gasteiger partial charge >= 0.3 is 5.97 Å². The van der Waals surface area contributed by atoms with Crippen molar-refractivity contribution in [2.24, 2.45) is 0 Å². The van der Waals surface area contributed by atoms with Crippen LogP contribution in [0.25, 0.3) is 10.8 Å². The molecule has 206 valence electrons. The molecular formula is C28H33N5O6. The molecule has 39 heavy (non-hydrogen) atoms. The van der Waals surface area contributed by atoms with Crippen LogP contribution in [0.15, 0.2) is 48.7 Å². The predicted octanol–water partition coefficient (Wildman–Crippen LogP) is 0.989. The van der Waals surface area contributed by atoms with Crippen LogP contribution in [0.2, 0.25) is 0 Å². The standard InChI is InChI=1S/C28H33N5O6/c1-3-38-28-21(14-23(34)39-28)31-25(35)22-16-32(2)15-18-9-5-7-11-20(27(37)33(18)22)30-26(36)24-19-10-6-4-8-17(19)12-13-29-24/h4-8,10,12-13,18,20-22,28H,3,9,11,14-16H2,1-2H3,(H,30,36)(H,31,35)/b7-5-/t18-,20-,21?,22-,28?/m0/s1. The predicted molar refractivity (Wildman–Crippen MR) is 141 cm³/mol. The van der Waals surface area contributed by atoms with E-state index in [0.717, 1.165) is 5.39 Å². The second-order valence-electron chi connectivity index (χ2n) is 10.1. The van der Waals surface area contributed by atoms with E-state index in [4.69, 9.17) is 9.47 Å². The molecule has 1 aromatic carbocycles. The molecule has 5 rings (SSSR count). The van der Waals surface area contributed by atoms with Crippen molar-refractivity contribution in [2.75, 3.05) is 26.7 Å². The minimum atomic E-state index is -0.872. The van der Waals surface area contributed by atoms with Gasteiger partial charge in [0.2, 0.25) is 18.1 Å². The zero-order valence-electron chi connectivity index (χ0n) is 22.0. The molecule has 3 aliphatic heterocycles. The van der Waals surface area contributed by atoms with Gasteiger partial charge in [-0.2, -0.15) is 0 Å². The summed E-state index contributed by atoms with van der Waals surface area (Å²) in [4.78, 5) is 60.7. The number of cyclic esters (lactones) is 1. The van der Waals surface area contributed by atoms with E-state index in [-0.39, 0.29) is 24.1 Å². The van der Waals surface area contributed by atoms with Crippen LogP contribution in [0.3, 0.4) is 0 Å². The summed E-state index contributed by atoms with van der Waals surface area (Å²) in [5.41, 5.74) is 0.240. The Morgan fingerprint density at radius 1 is 1.10 bits per heavy atom. The smallest absolute Gasteiger partial charge is 0.310 e. The van der Waals surface area contributed by atoms with Crippen LogP contribution in [0.1, 0.15) is 36.7 Å². The first-order valence-electron chi connectivity index (χ1n) is 13.3. The van der Waals surface area contributed by atoms with Crippen LogP contribution in [-0.4, -0.2) is 95.7 Å². The molecule has 2 fully saturated rings. The number of rotatable bonds is 6. The number of carbonyl (C=O) groups excluding carboxylic acids is 4. The van der Waals surface area contributed by atoms with E-state index in [0.29, 0.717) is 37.9 Å². The summed E-state index contributed by atoms with van der Waals surface area (Å²) < 4.78 is 10.7. The molecule has 2 saturated heterocycles. The second kappa shape index (κ2) is 11.5. The topological polar surface area (TPSA) is 130 Å². The molecule has 5 atom stereocenters. The maximum Gasteiger partial charge on any atom is 0.310 e. The molecule has 11 nitrogen and oxygen atoms in total. The Morgan fingerprint density at radius 2 is 1.90 bits per heavy atom. The van der Waals surface area contributed by atoms with Gasteiger partial charge in [-0.1, -0.05) is 36.4 Å². The number of amides is 3. The van der Waals surface area contributed by atoms with Crippen LogP contribution in [0.4, 0.5) is 0 Å². The van der Waals surface area contributed by atoms with Crippen molar-refractivity contribution in [1.29, 1.82) is 0 Å². The highest BCUT2D eigenvalue weighted by molar-refractivity contribution is 6.06. The quantitative estimate of drug-likeness (QED) is 0.414. The number of nitrogens with zero attached hydrogens (tertiary/aromatic N) is 3. The van der Waals surface area contributed by atoms with Crippen molar-refractivity contribution in [3.05, 3.63) is 54.4 Å². The maximum atomic E-state index is 14.0. The molecule has 11 heteroatoms. The lowest BCUT2D eigenvalue weighted by atomic mass is 9.97. The molecule has 0 radical (unpaired) electrons. The third-order valence-corrected chi connectivity index (χ3v) is 7.35. The lowest BCUT2D eigenvalue weighted by molar-refractivity contribution is -0.165. The summed E-state index contributed by atoms with van der Waals surface area (Å²) >= 11 is 0. The van der Waals surface area contributed by atoms with Crippen molar-refractivity contribution >= 4 is 34.5 Å². The second-order valence-corrected chi connectivity index (χ2v) is 10.1. The first-order valence-corrected chi connectivity index (χ1v) is 13.3. The molecule has 2 N–H and O–H groups in total. The molecule has 4 heterocycles. The van der Waals surface area contributed by atoms with E-state index >= 15 is 0 Å². The summed E-state index contributed by atoms with van der Waals surface area (Å²) in [7, 11) is 1.90. The van der Waals surface area contributed by atoms with Crippen LogP contribution < -0.4 is 10.6 Å². The fourth-order valence-corrected chi connectivity index (χ4v) is 5.55. The van der Waals surface area contributed by atoms with Gasteiger partial charge in [0.25, 0.3) is 5.91 Å². The number of aromatic nitrogens is 1. The zero-order valence-corrected chi connectivity index (χ0v) is 22.0. The summed E-state index contributed by atoms with van der Waals surface area (Å²) in [6, 6.07) is 6.67. The zero-order chi connectivity index (χ0) is 27.5. The van der Waals surface area contributed by atoms with Crippen molar-refractivity contribution in [3.63, 3.8) is 0 Å². The van der Waals surface area contributed by atoms with Gasteiger partial charge in [0.1, 0.15) is 23.8 Å². The molecule has 3 aliphatic rings. The van der Waals surface area contributed by atoms with E-state index in [1.54, 1.807) is 18.0 Å². The van der Waals surface area contributed by atoms with Gasteiger partial charge < -0.3 is 29.9 Å². The average molecular weight is 536 g/mol. The lowest BCUT2D eigenvalue weighted by Crippen LogP contribution is -2.67. The monoisotopic (exact) mass is 535 g/mol. The maximum absolute atomic E-state index is 14.0. The Bertz CT molecular complexity index is 1290. The Morgan fingerprint density at radius 3 is 2.72 bits per heavy atom. The SMILES string of the molecule is CCOC1OC(=O)CC1NC(=O)[C@@H]1CN(C)C[C@@H]2C/C=C\C[C@H](NC(=O)c3nccc4ccccc34)C(=O)N21. The summed E-state index contributed by atoms with van der Waals surface area (Å²) in [6.45, 7) is 2.99. The van der Waals surface area contributed by atoms with Crippen molar-refractivity contribution in [3.8, 4) is 0 Å². The molecule has 2 aromatic rings. The van der Waals surface area contributed by atoms with Crippen LogP contribution in [0.5, 0.6) is 0 Å². The molecular weight excluding hydrogens is 502 g/mol. The summed E-state index contributed by atoms with van der Waals surface area (Å²) in [5.74, 6) is -1.62. The van der Waals surface area contributed by atoms with Gasteiger partial charge in [0, 0.05) is 37.3 Å². The minimum absolute atomic E-state index is 0.00417. The van der Waals surface area contributed by atoms with Gasteiger partial charge in [-0.25, -0.2) is 0 Å². The number of esters is 1. The highest BCUT2D eigenvalue weighted by atomic mass is 16.7. The normalized spacial score (nSPS) is 28.3. The fourth-order valence-electron chi connectivity index (χ4n) is 5.55. The van der Waals surface area contributed by atoms with Gasteiger partial charge in [-0.3, -0.25) is 24.2 Å². The first kappa shape index (κ1) is 26.8. The summed E-state index contributed by atoms with van der Waals surface area (Å²) in [5, 5.41) is 7.32. The molecule has 0 spiro atoms. The van der Waals surface area contributed by atoms with Crippen LogP contribution >= 0.6 is 0 Å². The van der Waals surface area contributed by atoms with Crippen LogP contribution in [-0.2, 0) is 23.9 Å². The number of likely N-dealkylation sites (N-methyl/N-ethyl adjacent to an activating group) is 1. The molecule has 2 unspecified atom stereocenters. The van der Waals surface area contributed by atoms with E-state index in [9.17, 15) is 19.2 Å². The number of benzene rings is 1. The van der Waals surface area contributed by atoms with E-state index in [1.165, 1.54) is 0 Å². The number of carbonyl (C=O) groups is 4. The molecule has 3 amide bonds. The van der Waals surface area contributed by atoms with E-state index < -0.39 is 42.2 Å². The Labute approximate surface area is 226 Å². The lowest BCUT2D eigenvalue weighted by Gasteiger charge is -2.46. The average Bonchev–Trinajstić information content (AvgIpc) is 3.26. The molecule has 0 bridgehead atoms. The van der Waals surface area contributed by atoms with Gasteiger partial charge in [0.05, 0.1) is 6.42 Å². The van der Waals surface area contributed by atoms with E-state index in [2.05, 4.69) is 15.6 Å². The van der Waals surface area contributed by atoms with Crippen molar-refractivity contribution in [1.82, 2.24) is 25.4 Å². The summed E-state index contributed by atoms with van der Waals surface area (Å²) in [6.07, 6.45) is 5.46. The number of pyridine rings is 1. The largest absolute Gasteiger partial charge is 0.433 e. The number of ether oxygens (including phenoxy) is 2. The molecule has 1 aromatic heterocycles. The van der Waals surface area contributed by atoms with Gasteiger partial charge in [-0.05, 0) is 38.3 Å². The number of fused-ring (bicyclic) bond motifs is 2. The highest BCUT2D eigenvalue weighted by Gasteiger charge is 2.45. The van der Waals surface area contributed by atoms with Gasteiger partial charge in [-0.15, -0.1) is 0 Å². The molecule has 0 aliphatic carbocycles. The number of hydrogen-bond donors (Lipinski definition) is 2. The number of nitrogens with one attached hydrogen (secondary N) is 2.